The molecule has 2 aromatic heterocycles. The van der Waals surface area contributed by atoms with Crippen LogP contribution in [0.1, 0.15) is 37.0 Å². The zero-order chi connectivity index (χ0) is 13.3. The molecule has 0 spiro atoms. The van der Waals surface area contributed by atoms with Crippen molar-refractivity contribution in [3.8, 4) is 11.3 Å². The van der Waals surface area contributed by atoms with Crippen molar-refractivity contribution in [2.24, 2.45) is 0 Å². The molecule has 2 N–H and O–H groups in total. The Labute approximate surface area is 105 Å². The smallest absolute Gasteiger partial charge is 0.251 e. The number of furan rings is 1. The molecule has 0 saturated heterocycles. The van der Waals surface area contributed by atoms with Crippen LogP contribution in [0.15, 0.2) is 27.4 Å². The third-order valence-electron chi connectivity index (χ3n) is 3.00. The molecule has 4 nitrogen and oxygen atoms in total. The van der Waals surface area contributed by atoms with Crippen molar-refractivity contribution in [2.75, 3.05) is 0 Å². The summed E-state index contributed by atoms with van der Waals surface area (Å²) in [6, 6.07) is 5.40. The number of nitrogens with one attached hydrogen (secondary N) is 1. The van der Waals surface area contributed by atoms with E-state index in [-0.39, 0.29) is 5.56 Å². The lowest BCUT2D eigenvalue weighted by Crippen LogP contribution is -2.13. The molecule has 0 radical (unpaired) electrons. The Morgan fingerprint density at radius 3 is 2.72 bits per heavy atom. The molecule has 0 aromatic carbocycles. The second-order valence-electron chi connectivity index (χ2n) is 4.39. The topological polar surface area (TPSA) is 66.2 Å². The molecule has 0 aliphatic rings. The molecule has 96 valence electrons. The number of pyridine rings is 1. The number of aryl methyl sites for hydroxylation is 2. The fourth-order valence-corrected chi connectivity index (χ4v) is 1.91. The predicted octanol–water partition coefficient (Wildman–Crippen LogP) is 2.56. The molecular weight excluding hydrogens is 230 g/mol. The van der Waals surface area contributed by atoms with E-state index in [4.69, 9.17) is 4.42 Å². The Balaban J connectivity index is 2.52. The van der Waals surface area contributed by atoms with E-state index in [1.54, 1.807) is 13.0 Å². The lowest BCUT2D eigenvalue weighted by Gasteiger charge is -2.05. The summed E-state index contributed by atoms with van der Waals surface area (Å²) in [7, 11) is 0. The molecule has 4 heteroatoms. The van der Waals surface area contributed by atoms with E-state index in [1.807, 2.05) is 26.0 Å². The summed E-state index contributed by atoms with van der Waals surface area (Å²) in [5.74, 6) is 1.18. The van der Waals surface area contributed by atoms with E-state index < -0.39 is 6.10 Å². The van der Waals surface area contributed by atoms with E-state index in [1.165, 1.54) is 0 Å². The highest BCUT2D eigenvalue weighted by molar-refractivity contribution is 5.61. The van der Waals surface area contributed by atoms with E-state index in [0.29, 0.717) is 17.9 Å². The Morgan fingerprint density at radius 1 is 1.44 bits per heavy atom. The van der Waals surface area contributed by atoms with Gasteiger partial charge in [0.05, 0.1) is 0 Å². The van der Waals surface area contributed by atoms with Crippen LogP contribution in [0.3, 0.4) is 0 Å². The highest BCUT2D eigenvalue weighted by Crippen LogP contribution is 2.27. The Kier molecular flexibility index (Phi) is 3.39. The van der Waals surface area contributed by atoms with Crippen molar-refractivity contribution in [3.63, 3.8) is 0 Å². The standard InChI is InChI=1S/C14H17NO3/c1-4-10-7-11(8(2)15-14(10)17)13-6-5-12(18-13)9(3)16/h5-7,9,16H,4H2,1-3H3,(H,15,17). The molecule has 0 bridgehead atoms. The highest BCUT2D eigenvalue weighted by Gasteiger charge is 2.12. The number of rotatable bonds is 3. The molecule has 0 aliphatic carbocycles. The molecule has 2 aromatic rings. The van der Waals surface area contributed by atoms with Gasteiger partial charge in [0.2, 0.25) is 0 Å². The molecule has 1 unspecified atom stereocenters. The SMILES string of the molecule is CCc1cc(-c2ccc(C(C)O)o2)c(C)[nH]c1=O. The zero-order valence-corrected chi connectivity index (χ0v) is 10.8. The number of H-pyrrole nitrogens is 1. The number of aromatic amines is 1. The fourth-order valence-electron chi connectivity index (χ4n) is 1.91. The first-order valence-electron chi connectivity index (χ1n) is 6.04. The number of aliphatic hydroxyl groups is 1. The minimum atomic E-state index is -0.632. The van der Waals surface area contributed by atoms with E-state index >= 15 is 0 Å². The van der Waals surface area contributed by atoms with Crippen LogP contribution >= 0.6 is 0 Å². The van der Waals surface area contributed by atoms with Crippen LogP contribution in [0.25, 0.3) is 11.3 Å². The molecule has 0 fully saturated rings. The highest BCUT2D eigenvalue weighted by atomic mass is 16.4. The van der Waals surface area contributed by atoms with Crippen molar-refractivity contribution in [1.82, 2.24) is 4.98 Å². The van der Waals surface area contributed by atoms with Crippen molar-refractivity contribution >= 4 is 0 Å². The van der Waals surface area contributed by atoms with Crippen LogP contribution in [0.4, 0.5) is 0 Å². The Bertz CT molecular complexity index is 608. The first-order chi connectivity index (χ1) is 8.52. The van der Waals surface area contributed by atoms with Gasteiger partial charge in [-0.2, -0.15) is 0 Å². The molecule has 2 rings (SSSR count). The van der Waals surface area contributed by atoms with Gasteiger partial charge in [0.1, 0.15) is 17.6 Å². The number of aliphatic hydroxyl groups excluding tert-OH is 1. The van der Waals surface area contributed by atoms with Gasteiger partial charge in [-0.3, -0.25) is 4.79 Å². The van der Waals surface area contributed by atoms with Gasteiger partial charge in [-0.05, 0) is 38.5 Å². The average molecular weight is 247 g/mol. The van der Waals surface area contributed by atoms with E-state index in [2.05, 4.69) is 4.98 Å². The van der Waals surface area contributed by atoms with E-state index in [9.17, 15) is 9.90 Å². The summed E-state index contributed by atoms with van der Waals surface area (Å²) in [6.07, 6.45) is 0.0412. The van der Waals surface area contributed by atoms with Gasteiger partial charge in [-0.15, -0.1) is 0 Å². The van der Waals surface area contributed by atoms with Crippen molar-refractivity contribution < 1.29 is 9.52 Å². The second kappa shape index (κ2) is 4.82. The third kappa shape index (κ3) is 2.24. The van der Waals surface area contributed by atoms with Crippen molar-refractivity contribution in [1.29, 1.82) is 0 Å². The summed E-state index contributed by atoms with van der Waals surface area (Å²) in [5, 5.41) is 9.45. The molecule has 18 heavy (non-hydrogen) atoms. The second-order valence-corrected chi connectivity index (χ2v) is 4.39. The van der Waals surface area contributed by atoms with Gasteiger partial charge in [0.25, 0.3) is 5.56 Å². The zero-order valence-electron chi connectivity index (χ0n) is 10.8. The fraction of sp³-hybridized carbons (Fsp3) is 0.357. The molecule has 0 amide bonds. The maximum Gasteiger partial charge on any atom is 0.251 e. The average Bonchev–Trinajstić information content (AvgIpc) is 2.78. The predicted molar refractivity (Wildman–Crippen MR) is 69.5 cm³/mol. The van der Waals surface area contributed by atoms with Gasteiger partial charge < -0.3 is 14.5 Å². The quantitative estimate of drug-likeness (QED) is 0.876. The maximum absolute atomic E-state index is 11.6. The van der Waals surface area contributed by atoms with Gasteiger partial charge in [-0.1, -0.05) is 6.92 Å². The first-order valence-corrected chi connectivity index (χ1v) is 6.04. The molecule has 1 atom stereocenters. The van der Waals surface area contributed by atoms with Gasteiger partial charge in [0, 0.05) is 16.8 Å². The largest absolute Gasteiger partial charge is 0.458 e. The maximum atomic E-state index is 11.6. The normalized spacial score (nSPS) is 12.7. The Hall–Kier alpha value is -1.81. The van der Waals surface area contributed by atoms with Crippen LogP contribution in [-0.4, -0.2) is 10.1 Å². The minimum Gasteiger partial charge on any atom is -0.458 e. The third-order valence-corrected chi connectivity index (χ3v) is 3.00. The first kappa shape index (κ1) is 12.6. The van der Waals surface area contributed by atoms with Crippen LogP contribution in [-0.2, 0) is 6.42 Å². The van der Waals surface area contributed by atoms with Crippen LogP contribution < -0.4 is 5.56 Å². The lowest BCUT2D eigenvalue weighted by molar-refractivity contribution is 0.170. The molecular formula is C14H17NO3. The summed E-state index contributed by atoms with van der Waals surface area (Å²) in [6.45, 7) is 5.42. The lowest BCUT2D eigenvalue weighted by atomic mass is 10.1. The monoisotopic (exact) mass is 247 g/mol. The molecule has 0 saturated carbocycles. The summed E-state index contributed by atoms with van der Waals surface area (Å²) < 4.78 is 5.58. The number of aromatic nitrogens is 1. The number of hydrogen-bond donors (Lipinski definition) is 2. The van der Waals surface area contributed by atoms with Crippen molar-refractivity contribution in [2.45, 2.75) is 33.3 Å². The van der Waals surface area contributed by atoms with Crippen LogP contribution in [0, 0.1) is 6.92 Å². The number of hydrogen-bond acceptors (Lipinski definition) is 3. The van der Waals surface area contributed by atoms with Gasteiger partial charge in [-0.25, -0.2) is 0 Å². The van der Waals surface area contributed by atoms with Crippen LogP contribution in [0.5, 0.6) is 0 Å². The summed E-state index contributed by atoms with van der Waals surface area (Å²) >= 11 is 0. The van der Waals surface area contributed by atoms with Gasteiger partial charge >= 0.3 is 0 Å². The molecule has 2 heterocycles. The van der Waals surface area contributed by atoms with E-state index in [0.717, 1.165) is 16.8 Å². The minimum absolute atomic E-state index is 0.0546. The summed E-state index contributed by atoms with van der Waals surface area (Å²) in [4.78, 5) is 14.5. The molecule has 0 aliphatic heterocycles. The summed E-state index contributed by atoms with van der Waals surface area (Å²) in [5.41, 5.74) is 2.30. The van der Waals surface area contributed by atoms with Crippen LogP contribution in [0.2, 0.25) is 0 Å². The Morgan fingerprint density at radius 2 is 2.17 bits per heavy atom. The van der Waals surface area contributed by atoms with Crippen molar-refractivity contribution in [3.05, 3.63) is 45.6 Å². The van der Waals surface area contributed by atoms with Gasteiger partial charge in [0.15, 0.2) is 0 Å².